The van der Waals surface area contributed by atoms with Gasteiger partial charge in [-0.3, -0.25) is 4.79 Å². The number of carbonyl (C=O) groups is 1. The van der Waals surface area contributed by atoms with E-state index in [0.29, 0.717) is 23.5 Å². The monoisotopic (exact) mass is 441 g/mol. The molecule has 2 N–H and O–H groups in total. The molecule has 0 aliphatic carbocycles. The minimum atomic E-state index is -3.46. The van der Waals surface area contributed by atoms with E-state index in [9.17, 15) is 13.2 Å². The number of hydrogen-bond donors (Lipinski definition) is 1. The zero-order valence-electron chi connectivity index (χ0n) is 16.5. The zero-order chi connectivity index (χ0) is 21.1. The highest BCUT2D eigenvalue weighted by Gasteiger charge is 2.25. The Morgan fingerprint density at radius 1 is 0.967 bits per heavy atom. The number of rotatable bonds is 5. The van der Waals surface area contributed by atoms with Crippen molar-refractivity contribution in [2.75, 3.05) is 13.1 Å². The van der Waals surface area contributed by atoms with Crippen LogP contribution in [0.4, 0.5) is 0 Å². The molecule has 0 spiro atoms. The molecule has 1 amide bonds. The second kappa shape index (κ2) is 8.67. The number of aromatic nitrogens is 1. The van der Waals surface area contributed by atoms with Crippen LogP contribution >= 0.6 is 11.3 Å². The van der Waals surface area contributed by atoms with Gasteiger partial charge in [-0.15, -0.1) is 11.3 Å². The number of benzene rings is 2. The fourth-order valence-corrected chi connectivity index (χ4v) is 5.92. The van der Waals surface area contributed by atoms with Crippen LogP contribution in [0.25, 0.3) is 21.8 Å². The lowest BCUT2D eigenvalue weighted by atomic mass is 10.1. The van der Waals surface area contributed by atoms with Gasteiger partial charge in [-0.2, -0.15) is 4.31 Å². The number of carbonyl (C=O) groups excluding carboxylic acids is 1. The van der Waals surface area contributed by atoms with Crippen molar-refractivity contribution in [2.24, 2.45) is 5.73 Å². The summed E-state index contributed by atoms with van der Waals surface area (Å²) in [4.78, 5) is 16.4. The first kappa shape index (κ1) is 20.7. The van der Waals surface area contributed by atoms with Crippen molar-refractivity contribution < 1.29 is 13.2 Å². The summed E-state index contributed by atoms with van der Waals surface area (Å²) in [6, 6.07) is 14.0. The van der Waals surface area contributed by atoms with Crippen molar-refractivity contribution in [3.05, 3.63) is 59.5 Å². The summed E-state index contributed by atoms with van der Waals surface area (Å²) >= 11 is 1.46. The molecule has 0 atom stereocenters. The van der Waals surface area contributed by atoms with Crippen LogP contribution in [-0.4, -0.2) is 36.7 Å². The predicted molar refractivity (Wildman–Crippen MR) is 119 cm³/mol. The number of amides is 1. The number of hydrogen-bond acceptors (Lipinski definition) is 5. The lowest BCUT2D eigenvalue weighted by Crippen LogP contribution is -2.31. The lowest BCUT2D eigenvalue weighted by molar-refractivity contribution is 0.100. The third kappa shape index (κ3) is 4.30. The Morgan fingerprint density at radius 3 is 2.33 bits per heavy atom. The average molecular weight is 442 g/mol. The minimum absolute atomic E-state index is 0.317. The predicted octanol–water partition coefficient (Wildman–Crippen LogP) is 4.14. The van der Waals surface area contributed by atoms with Gasteiger partial charge < -0.3 is 5.73 Å². The summed E-state index contributed by atoms with van der Waals surface area (Å²) in [6.45, 7) is 1.17. The lowest BCUT2D eigenvalue weighted by Gasteiger charge is -2.19. The molecular formula is C22H23N3O3S2. The van der Waals surface area contributed by atoms with Crippen molar-refractivity contribution in [1.29, 1.82) is 0 Å². The van der Waals surface area contributed by atoms with Gasteiger partial charge in [0.15, 0.2) is 0 Å². The molecule has 1 aromatic heterocycles. The molecular weight excluding hydrogens is 418 g/mol. The molecule has 0 radical (unpaired) electrons. The van der Waals surface area contributed by atoms with Crippen molar-refractivity contribution in [3.63, 3.8) is 0 Å². The first-order valence-corrected chi connectivity index (χ1v) is 12.2. The van der Waals surface area contributed by atoms with Crippen molar-refractivity contribution in [2.45, 2.75) is 30.6 Å². The van der Waals surface area contributed by atoms with Crippen LogP contribution in [0.2, 0.25) is 0 Å². The Kier molecular flexibility index (Phi) is 5.99. The van der Waals surface area contributed by atoms with E-state index in [0.717, 1.165) is 47.5 Å². The van der Waals surface area contributed by atoms with E-state index >= 15 is 0 Å². The summed E-state index contributed by atoms with van der Waals surface area (Å²) in [6.07, 6.45) is 3.99. The molecule has 0 bridgehead atoms. The first-order valence-electron chi connectivity index (χ1n) is 9.91. The second-order valence-corrected chi connectivity index (χ2v) is 10.1. The number of thiazole rings is 1. The van der Waals surface area contributed by atoms with Crippen LogP contribution in [0.3, 0.4) is 0 Å². The molecule has 0 unspecified atom stereocenters. The van der Waals surface area contributed by atoms with E-state index in [1.54, 1.807) is 46.8 Å². The molecule has 6 nitrogen and oxygen atoms in total. The minimum Gasteiger partial charge on any atom is -0.366 e. The Labute approximate surface area is 180 Å². The Morgan fingerprint density at radius 2 is 1.67 bits per heavy atom. The van der Waals surface area contributed by atoms with E-state index in [4.69, 9.17) is 5.73 Å². The molecule has 8 heteroatoms. The molecule has 30 heavy (non-hydrogen) atoms. The maximum absolute atomic E-state index is 12.9. The summed E-state index contributed by atoms with van der Waals surface area (Å²) in [5, 5.41) is 2.69. The van der Waals surface area contributed by atoms with Crippen molar-refractivity contribution in [3.8, 4) is 21.8 Å². The van der Waals surface area contributed by atoms with E-state index in [1.807, 2.05) is 11.4 Å². The molecule has 2 heterocycles. The molecule has 156 valence electrons. The van der Waals surface area contributed by atoms with Crippen LogP contribution in [0.1, 0.15) is 36.0 Å². The molecule has 1 saturated heterocycles. The second-order valence-electron chi connectivity index (χ2n) is 7.33. The highest BCUT2D eigenvalue weighted by molar-refractivity contribution is 7.89. The molecule has 1 aliphatic rings. The van der Waals surface area contributed by atoms with Gasteiger partial charge in [0.2, 0.25) is 15.9 Å². The molecule has 0 saturated carbocycles. The van der Waals surface area contributed by atoms with E-state index in [1.165, 1.54) is 11.3 Å². The smallest absolute Gasteiger partial charge is 0.248 e. The van der Waals surface area contributed by atoms with Gasteiger partial charge in [0.1, 0.15) is 5.01 Å². The van der Waals surface area contributed by atoms with Gasteiger partial charge in [0.25, 0.3) is 0 Å². The first-order chi connectivity index (χ1) is 14.4. The van der Waals surface area contributed by atoms with E-state index in [-0.39, 0.29) is 0 Å². The van der Waals surface area contributed by atoms with Crippen LogP contribution in [-0.2, 0) is 10.0 Å². The standard InChI is InChI=1S/C22H23N3O3S2/c23-21(26)17-6-5-7-18(14-17)22-24-20(15-29-22)16-8-10-19(11-9-16)30(27,28)25-12-3-1-2-4-13-25/h5-11,14-15H,1-4,12-13H2,(H2,23,26). The third-order valence-electron chi connectivity index (χ3n) is 5.25. The molecule has 1 aliphatic heterocycles. The number of primary amides is 1. The summed E-state index contributed by atoms with van der Waals surface area (Å²) in [7, 11) is -3.46. The summed E-state index contributed by atoms with van der Waals surface area (Å²) in [5.41, 5.74) is 8.23. The fourth-order valence-electron chi connectivity index (χ4n) is 3.57. The van der Waals surface area contributed by atoms with E-state index in [2.05, 4.69) is 4.98 Å². The molecule has 1 fully saturated rings. The number of nitrogens with zero attached hydrogens (tertiary/aromatic N) is 2. The normalized spacial score (nSPS) is 15.6. The molecule has 2 aromatic carbocycles. The van der Waals surface area contributed by atoms with Crippen LogP contribution in [0.15, 0.2) is 58.8 Å². The Balaban J connectivity index is 1.56. The highest BCUT2D eigenvalue weighted by atomic mass is 32.2. The zero-order valence-corrected chi connectivity index (χ0v) is 18.1. The van der Waals surface area contributed by atoms with Gasteiger partial charge in [0.05, 0.1) is 10.6 Å². The molecule has 3 aromatic rings. The Bertz CT molecular complexity index is 1150. The van der Waals surface area contributed by atoms with Gasteiger partial charge in [0, 0.05) is 35.2 Å². The maximum Gasteiger partial charge on any atom is 0.248 e. The summed E-state index contributed by atoms with van der Waals surface area (Å²) < 4.78 is 27.5. The fraction of sp³-hybridized carbons (Fsp3) is 0.273. The van der Waals surface area contributed by atoms with Crippen LogP contribution < -0.4 is 5.73 Å². The SMILES string of the molecule is NC(=O)c1cccc(-c2nc(-c3ccc(S(=O)(=O)N4CCCCCC4)cc3)cs2)c1. The van der Waals surface area contributed by atoms with Crippen molar-refractivity contribution >= 4 is 27.3 Å². The van der Waals surface area contributed by atoms with Gasteiger partial charge in [-0.1, -0.05) is 37.1 Å². The molecule has 4 rings (SSSR count). The largest absolute Gasteiger partial charge is 0.366 e. The van der Waals surface area contributed by atoms with Gasteiger partial charge in [-0.25, -0.2) is 13.4 Å². The van der Waals surface area contributed by atoms with Gasteiger partial charge in [-0.05, 0) is 37.1 Å². The summed E-state index contributed by atoms with van der Waals surface area (Å²) in [5.74, 6) is -0.477. The average Bonchev–Trinajstić information content (AvgIpc) is 3.08. The van der Waals surface area contributed by atoms with Gasteiger partial charge >= 0.3 is 0 Å². The van der Waals surface area contributed by atoms with Crippen molar-refractivity contribution in [1.82, 2.24) is 9.29 Å². The Hall–Kier alpha value is -2.55. The number of sulfonamides is 1. The number of nitrogens with two attached hydrogens (primary N) is 1. The topological polar surface area (TPSA) is 93.4 Å². The van der Waals surface area contributed by atoms with Crippen LogP contribution in [0.5, 0.6) is 0 Å². The van der Waals surface area contributed by atoms with Crippen LogP contribution in [0, 0.1) is 0 Å². The quantitative estimate of drug-likeness (QED) is 0.644. The van der Waals surface area contributed by atoms with E-state index < -0.39 is 15.9 Å². The third-order valence-corrected chi connectivity index (χ3v) is 8.06. The highest BCUT2D eigenvalue weighted by Crippen LogP contribution is 2.30. The maximum atomic E-state index is 12.9.